The third-order valence-corrected chi connectivity index (χ3v) is 6.49. The molecule has 0 aliphatic carbocycles. The Labute approximate surface area is 152 Å². The van der Waals surface area contributed by atoms with Crippen LogP contribution in [0, 0.1) is 6.92 Å². The maximum atomic E-state index is 12.4. The molecular weight excluding hydrogens is 378 g/mol. The van der Waals surface area contributed by atoms with E-state index in [9.17, 15) is 21.6 Å². The van der Waals surface area contributed by atoms with E-state index in [1.807, 2.05) is 0 Å². The lowest BCUT2D eigenvalue weighted by Gasteiger charge is -2.13. The molecule has 0 radical (unpaired) electrons. The molecule has 0 fully saturated rings. The number of nitrogens with two attached hydrogens (primary N) is 1. The Morgan fingerprint density at radius 1 is 1.04 bits per heavy atom. The van der Waals surface area contributed by atoms with Crippen molar-refractivity contribution in [1.82, 2.24) is 4.31 Å². The second-order valence-electron chi connectivity index (χ2n) is 5.79. The molecule has 0 heterocycles. The molecule has 8 nitrogen and oxygen atoms in total. The number of aryl methyl sites for hydroxylation is 1. The van der Waals surface area contributed by atoms with Gasteiger partial charge in [-0.1, -0.05) is 12.1 Å². The highest BCUT2D eigenvalue weighted by Gasteiger charge is 2.19. The van der Waals surface area contributed by atoms with Gasteiger partial charge in [-0.25, -0.2) is 26.3 Å². The van der Waals surface area contributed by atoms with Crippen molar-refractivity contribution in [2.45, 2.75) is 16.7 Å². The fourth-order valence-corrected chi connectivity index (χ4v) is 3.95. The summed E-state index contributed by atoms with van der Waals surface area (Å²) < 4.78 is 48.5. The van der Waals surface area contributed by atoms with Crippen LogP contribution in [0.5, 0.6) is 0 Å². The molecule has 0 saturated carbocycles. The van der Waals surface area contributed by atoms with Crippen LogP contribution in [0.1, 0.15) is 15.9 Å². The van der Waals surface area contributed by atoms with Gasteiger partial charge in [0, 0.05) is 25.3 Å². The molecule has 0 atom stereocenters. The number of carbonyl (C=O) groups excluding carboxylic acids is 1. The SMILES string of the molecule is Cc1ccc(NC(=O)c2cccc(S(=O)(=O)N(C)C)c2)cc1S(N)(=O)=O. The predicted octanol–water partition coefficient (Wildman–Crippen LogP) is 1.15. The molecule has 10 heteroatoms. The van der Waals surface area contributed by atoms with Gasteiger partial charge in [0.05, 0.1) is 9.79 Å². The molecule has 0 bridgehead atoms. The first-order valence-corrected chi connectivity index (χ1v) is 10.4. The predicted molar refractivity (Wildman–Crippen MR) is 97.8 cm³/mol. The number of amides is 1. The van der Waals surface area contributed by atoms with Crippen LogP contribution in [-0.2, 0) is 20.0 Å². The van der Waals surface area contributed by atoms with Crippen LogP contribution in [0.4, 0.5) is 5.69 Å². The summed E-state index contributed by atoms with van der Waals surface area (Å²) in [7, 11) is -4.82. The van der Waals surface area contributed by atoms with Crippen LogP contribution in [0.3, 0.4) is 0 Å². The summed E-state index contributed by atoms with van der Waals surface area (Å²) in [5, 5.41) is 7.69. The lowest BCUT2D eigenvalue weighted by atomic mass is 10.2. The van der Waals surface area contributed by atoms with Gasteiger partial charge in [-0.3, -0.25) is 4.79 Å². The minimum absolute atomic E-state index is 0.0238. The summed E-state index contributed by atoms with van der Waals surface area (Å²) in [6.45, 7) is 1.58. The van der Waals surface area contributed by atoms with E-state index in [1.165, 1.54) is 56.6 Å². The topological polar surface area (TPSA) is 127 Å². The maximum absolute atomic E-state index is 12.4. The van der Waals surface area contributed by atoms with E-state index in [4.69, 9.17) is 5.14 Å². The highest BCUT2D eigenvalue weighted by molar-refractivity contribution is 7.89. The van der Waals surface area contributed by atoms with E-state index in [1.54, 1.807) is 6.92 Å². The molecule has 2 aromatic rings. The number of hydrogen-bond acceptors (Lipinski definition) is 5. The van der Waals surface area contributed by atoms with Crippen LogP contribution in [-0.4, -0.2) is 41.1 Å². The fourth-order valence-electron chi connectivity index (χ4n) is 2.20. The lowest BCUT2D eigenvalue weighted by molar-refractivity contribution is 0.102. The number of primary sulfonamides is 1. The highest BCUT2D eigenvalue weighted by atomic mass is 32.2. The third-order valence-electron chi connectivity index (χ3n) is 3.63. The van der Waals surface area contributed by atoms with Gasteiger partial charge in [0.25, 0.3) is 5.91 Å². The Morgan fingerprint density at radius 2 is 1.69 bits per heavy atom. The van der Waals surface area contributed by atoms with Gasteiger partial charge in [-0.05, 0) is 42.8 Å². The summed E-state index contributed by atoms with van der Waals surface area (Å²) in [4.78, 5) is 12.3. The number of hydrogen-bond donors (Lipinski definition) is 2. The zero-order valence-corrected chi connectivity index (χ0v) is 16.1. The number of sulfonamides is 2. The Morgan fingerprint density at radius 3 is 2.27 bits per heavy atom. The molecule has 0 saturated heterocycles. The van der Waals surface area contributed by atoms with Crippen LogP contribution in [0.2, 0.25) is 0 Å². The monoisotopic (exact) mass is 397 g/mol. The number of anilines is 1. The van der Waals surface area contributed by atoms with Crippen LogP contribution in [0.25, 0.3) is 0 Å². The zero-order valence-electron chi connectivity index (χ0n) is 14.4. The van der Waals surface area contributed by atoms with Gasteiger partial charge >= 0.3 is 0 Å². The Hall–Kier alpha value is -2.27. The van der Waals surface area contributed by atoms with Gasteiger partial charge in [0.2, 0.25) is 20.0 Å². The smallest absolute Gasteiger partial charge is 0.255 e. The maximum Gasteiger partial charge on any atom is 0.255 e. The molecule has 3 N–H and O–H groups in total. The minimum atomic E-state index is -3.93. The third kappa shape index (κ3) is 4.28. The normalized spacial score (nSPS) is 12.2. The molecule has 0 aliphatic rings. The van der Waals surface area contributed by atoms with Crippen molar-refractivity contribution in [1.29, 1.82) is 0 Å². The number of rotatable bonds is 5. The molecule has 2 rings (SSSR count). The summed E-state index contributed by atoms with van der Waals surface area (Å²) in [6.07, 6.45) is 0. The molecule has 0 aromatic heterocycles. The van der Waals surface area contributed by atoms with Crippen LogP contribution >= 0.6 is 0 Å². The van der Waals surface area contributed by atoms with E-state index in [0.29, 0.717) is 5.56 Å². The highest BCUT2D eigenvalue weighted by Crippen LogP contribution is 2.20. The number of carbonyl (C=O) groups is 1. The van der Waals surface area contributed by atoms with Crippen molar-refractivity contribution >= 4 is 31.6 Å². The zero-order chi connectivity index (χ0) is 19.7. The largest absolute Gasteiger partial charge is 0.322 e. The molecule has 2 aromatic carbocycles. The summed E-state index contributed by atoms with van der Waals surface area (Å²) in [5.74, 6) is -0.579. The first-order valence-electron chi connectivity index (χ1n) is 7.40. The van der Waals surface area contributed by atoms with Crippen LogP contribution < -0.4 is 10.5 Å². The van der Waals surface area contributed by atoms with Gasteiger partial charge < -0.3 is 5.32 Å². The van der Waals surface area contributed by atoms with Gasteiger partial charge in [0.15, 0.2) is 0 Å². The van der Waals surface area contributed by atoms with Crippen molar-refractivity contribution in [3.05, 3.63) is 53.6 Å². The quantitative estimate of drug-likeness (QED) is 0.782. The van der Waals surface area contributed by atoms with Crippen molar-refractivity contribution in [3.63, 3.8) is 0 Å². The standard InChI is InChI=1S/C16H19N3O5S2/c1-11-7-8-13(10-15(11)25(17,21)22)18-16(20)12-5-4-6-14(9-12)26(23,24)19(2)3/h4-10H,1-3H3,(H,18,20)(H2,17,21,22). The summed E-state index contributed by atoms with van der Waals surface area (Å²) in [5.41, 5.74) is 0.792. The fraction of sp³-hybridized carbons (Fsp3) is 0.188. The first kappa shape index (κ1) is 20.0. The second-order valence-corrected chi connectivity index (χ2v) is 9.48. The average Bonchev–Trinajstić information content (AvgIpc) is 2.55. The van der Waals surface area contributed by atoms with Crippen molar-refractivity contribution < 1.29 is 21.6 Å². The summed E-state index contributed by atoms with van der Waals surface area (Å²) >= 11 is 0. The van der Waals surface area contributed by atoms with E-state index >= 15 is 0 Å². The van der Waals surface area contributed by atoms with Gasteiger partial charge in [0.1, 0.15) is 0 Å². The van der Waals surface area contributed by atoms with E-state index in [2.05, 4.69) is 5.32 Å². The Kier molecular flexibility index (Phi) is 5.52. The molecule has 0 aliphatic heterocycles. The molecule has 0 spiro atoms. The van der Waals surface area contributed by atoms with E-state index < -0.39 is 26.0 Å². The van der Waals surface area contributed by atoms with E-state index in [0.717, 1.165) is 4.31 Å². The number of nitrogens with one attached hydrogen (secondary N) is 1. The van der Waals surface area contributed by atoms with Crippen molar-refractivity contribution in [2.24, 2.45) is 5.14 Å². The second kappa shape index (κ2) is 7.16. The molecular formula is C16H19N3O5S2. The minimum Gasteiger partial charge on any atom is -0.322 e. The number of nitrogens with zero attached hydrogens (tertiary/aromatic N) is 1. The molecule has 140 valence electrons. The molecule has 0 unspecified atom stereocenters. The van der Waals surface area contributed by atoms with Gasteiger partial charge in [-0.15, -0.1) is 0 Å². The number of benzene rings is 2. The lowest BCUT2D eigenvalue weighted by Crippen LogP contribution is -2.22. The van der Waals surface area contributed by atoms with E-state index in [-0.39, 0.29) is 21.0 Å². The van der Waals surface area contributed by atoms with Crippen molar-refractivity contribution in [3.8, 4) is 0 Å². The van der Waals surface area contributed by atoms with Crippen LogP contribution in [0.15, 0.2) is 52.3 Å². The van der Waals surface area contributed by atoms with Crippen molar-refractivity contribution in [2.75, 3.05) is 19.4 Å². The summed E-state index contributed by atoms with van der Waals surface area (Å²) in [6, 6.07) is 9.85. The Balaban J connectivity index is 2.35. The average molecular weight is 397 g/mol. The molecule has 26 heavy (non-hydrogen) atoms. The molecule has 1 amide bonds. The van der Waals surface area contributed by atoms with Gasteiger partial charge in [-0.2, -0.15) is 0 Å². The first-order chi connectivity index (χ1) is 11.9. The Bertz CT molecular complexity index is 1060.